The summed E-state index contributed by atoms with van der Waals surface area (Å²) in [5.41, 5.74) is 1.22. The van der Waals surface area contributed by atoms with Crippen molar-refractivity contribution in [1.82, 2.24) is 5.32 Å². The fraction of sp³-hybridized carbons (Fsp3) is 0.333. The highest BCUT2D eigenvalue weighted by Crippen LogP contribution is 2.04. The van der Waals surface area contributed by atoms with Crippen LogP contribution in [0.25, 0.3) is 6.08 Å². The van der Waals surface area contributed by atoms with Gasteiger partial charge in [-0.25, -0.2) is 0 Å². The van der Waals surface area contributed by atoms with Gasteiger partial charge in [-0.3, -0.25) is 0 Å². The third-order valence-corrected chi connectivity index (χ3v) is 2.26. The molecule has 74 valence electrons. The maximum Gasteiger partial charge on any atom is 0.0884 e. The van der Waals surface area contributed by atoms with Crippen molar-refractivity contribution in [3.05, 3.63) is 42.0 Å². The maximum atomic E-state index is 5.55. The standard InChI is InChI=1S/C12H15NO/c1-2-4-11(5-3-1)6-7-12-10-13-8-9-14-12/h1-7,12-13H,8-10H2. The number of benzene rings is 1. The zero-order valence-electron chi connectivity index (χ0n) is 8.15. The Bertz CT molecular complexity index is 288. The molecule has 1 aromatic rings. The number of nitrogens with one attached hydrogen (secondary N) is 1. The Morgan fingerprint density at radius 1 is 1.29 bits per heavy atom. The van der Waals surface area contributed by atoms with Crippen molar-refractivity contribution >= 4 is 6.08 Å². The molecule has 0 radical (unpaired) electrons. The van der Waals surface area contributed by atoms with E-state index < -0.39 is 0 Å². The summed E-state index contributed by atoms with van der Waals surface area (Å²) in [4.78, 5) is 0. The molecule has 1 aromatic carbocycles. The highest BCUT2D eigenvalue weighted by atomic mass is 16.5. The van der Waals surface area contributed by atoms with Gasteiger partial charge in [-0.15, -0.1) is 0 Å². The zero-order valence-corrected chi connectivity index (χ0v) is 8.15. The van der Waals surface area contributed by atoms with Crippen LogP contribution in [0.2, 0.25) is 0 Å². The first kappa shape index (κ1) is 9.44. The van der Waals surface area contributed by atoms with Crippen LogP contribution in [0, 0.1) is 0 Å². The quantitative estimate of drug-likeness (QED) is 0.764. The van der Waals surface area contributed by atoms with Gasteiger partial charge in [0.1, 0.15) is 0 Å². The molecule has 0 amide bonds. The zero-order chi connectivity index (χ0) is 9.64. The molecule has 0 bridgehead atoms. The van der Waals surface area contributed by atoms with Crippen LogP contribution < -0.4 is 5.32 Å². The van der Waals surface area contributed by atoms with Crippen LogP contribution in [-0.4, -0.2) is 25.8 Å². The monoisotopic (exact) mass is 189 g/mol. The Labute approximate surface area is 84.6 Å². The Morgan fingerprint density at radius 2 is 2.14 bits per heavy atom. The van der Waals surface area contributed by atoms with Crippen molar-refractivity contribution in [2.45, 2.75) is 6.10 Å². The van der Waals surface area contributed by atoms with Gasteiger partial charge in [0.25, 0.3) is 0 Å². The molecule has 1 fully saturated rings. The van der Waals surface area contributed by atoms with Gasteiger partial charge in [0, 0.05) is 13.1 Å². The lowest BCUT2D eigenvalue weighted by atomic mass is 10.2. The Morgan fingerprint density at radius 3 is 2.86 bits per heavy atom. The van der Waals surface area contributed by atoms with Crippen molar-refractivity contribution in [3.63, 3.8) is 0 Å². The lowest BCUT2D eigenvalue weighted by Crippen LogP contribution is -2.37. The van der Waals surface area contributed by atoms with Gasteiger partial charge < -0.3 is 10.1 Å². The number of hydrogen-bond acceptors (Lipinski definition) is 2. The summed E-state index contributed by atoms with van der Waals surface area (Å²) >= 11 is 0. The Kier molecular flexibility index (Phi) is 3.33. The molecule has 2 nitrogen and oxygen atoms in total. The molecule has 1 heterocycles. The van der Waals surface area contributed by atoms with Gasteiger partial charge in [-0.05, 0) is 5.56 Å². The molecule has 1 atom stereocenters. The molecule has 2 rings (SSSR count). The average Bonchev–Trinajstić information content (AvgIpc) is 2.29. The van der Waals surface area contributed by atoms with Crippen LogP contribution in [0.3, 0.4) is 0 Å². The van der Waals surface area contributed by atoms with Crippen LogP contribution in [0.4, 0.5) is 0 Å². The second-order valence-corrected chi connectivity index (χ2v) is 3.38. The summed E-state index contributed by atoms with van der Waals surface area (Å²) in [6.45, 7) is 2.70. The van der Waals surface area contributed by atoms with Crippen LogP contribution in [0.1, 0.15) is 5.56 Å². The predicted octanol–water partition coefficient (Wildman–Crippen LogP) is 1.69. The van der Waals surface area contributed by atoms with E-state index in [9.17, 15) is 0 Å². The van der Waals surface area contributed by atoms with Gasteiger partial charge in [-0.1, -0.05) is 42.5 Å². The van der Waals surface area contributed by atoms with E-state index in [-0.39, 0.29) is 6.10 Å². The topological polar surface area (TPSA) is 21.3 Å². The summed E-state index contributed by atoms with van der Waals surface area (Å²) < 4.78 is 5.55. The number of hydrogen-bond donors (Lipinski definition) is 1. The van der Waals surface area contributed by atoms with Gasteiger partial charge in [0.15, 0.2) is 0 Å². The van der Waals surface area contributed by atoms with Gasteiger partial charge in [0.05, 0.1) is 12.7 Å². The Balaban J connectivity index is 1.93. The molecule has 0 spiro atoms. The molecule has 1 unspecified atom stereocenters. The number of ether oxygens (including phenoxy) is 1. The van der Waals surface area contributed by atoms with Crippen molar-refractivity contribution in [2.24, 2.45) is 0 Å². The first-order valence-corrected chi connectivity index (χ1v) is 5.01. The molecule has 0 saturated carbocycles. The van der Waals surface area contributed by atoms with E-state index in [1.165, 1.54) is 5.56 Å². The summed E-state index contributed by atoms with van der Waals surface area (Å²) in [7, 11) is 0. The minimum absolute atomic E-state index is 0.226. The van der Waals surface area contributed by atoms with Crippen LogP contribution in [0.5, 0.6) is 0 Å². The normalized spacial score (nSPS) is 22.7. The third kappa shape index (κ3) is 2.69. The van der Waals surface area contributed by atoms with E-state index in [0.29, 0.717) is 0 Å². The second kappa shape index (κ2) is 4.94. The van der Waals surface area contributed by atoms with Crippen LogP contribution >= 0.6 is 0 Å². The van der Waals surface area contributed by atoms with Crippen molar-refractivity contribution in [1.29, 1.82) is 0 Å². The van der Waals surface area contributed by atoms with Crippen molar-refractivity contribution in [2.75, 3.05) is 19.7 Å². The molecule has 1 saturated heterocycles. The summed E-state index contributed by atoms with van der Waals surface area (Å²) in [5, 5.41) is 3.29. The predicted molar refractivity (Wildman–Crippen MR) is 58.1 cm³/mol. The molecule has 1 aliphatic rings. The molecule has 2 heteroatoms. The fourth-order valence-electron chi connectivity index (χ4n) is 1.49. The van der Waals surface area contributed by atoms with Crippen molar-refractivity contribution in [3.8, 4) is 0 Å². The molecule has 14 heavy (non-hydrogen) atoms. The minimum atomic E-state index is 0.226. The van der Waals surface area contributed by atoms with E-state index in [0.717, 1.165) is 19.7 Å². The third-order valence-electron chi connectivity index (χ3n) is 2.26. The second-order valence-electron chi connectivity index (χ2n) is 3.38. The lowest BCUT2D eigenvalue weighted by Gasteiger charge is -2.20. The molecule has 0 aromatic heterocycles. The first-order chi connectivity index (χ1) is 6.95. The van der Waals surface area contributed by atoms with Crippen molar-refractivity contribution < 1.29 is 4.74 Å². The lowest BCUT2D eigenvalue weighted by molar-refractivity contribution is 0.0596. The number of rotatable bonds is 2. The summed E-state index contributed by atoms with van der Waals surface area (Å²) in [6.07, 6.45) is 4.45. The SMILES string of the molecule is C(=CC1CNCCO1)c1ccccc1. The summed E-state index contributed by atoms with van der Waals surface area (Å²) in [6, 6.07) is 10.3. The van der Waals surface area contributed by atoms with Gasteiger partial charge in [0.2, 0.25) is 0 Å². The smallest absolute Gasteiger partial charge is 0.0884 e. The molecule has 0 aliphatic carbocycles. The van der Waals surface area contributed by atoms with Crippen LogP contribution in [0.15, 0.2) is 36.4 Å². The van der Waals surface area contributed by atoms with E-state index in [1.807, 2.05) is 18.2 Å². The van der Waals surface area contributed by atoms with Crippen LogP contribution in [-0.2, 0) is 4.74 Å². The van der Waals surface area contributed by atoms with Gasteiger partial charge >= 0.3 is 0 Å². The average molecular weight is 189 g/mol. The highest BCUT2D eigenvalue weighted by Gasteiger charge is 2.08. The fourth-order valence-corrected chi connectivity index (χ4v) is 1.49. The highest BCUT2D eigenvalue weighted by molar-refractivity contribution is 5.49. The molecular formula is C12H15NO. The van der Waals surface area contributed by atoms with E-state index in [2.05, 4.69) is 29.6 Å². The molecule has 1 aliphatic heterocycles. The van der Waals surface area contributed by atoms with Gasteiger partial charge in [-0.2, -0.15) is 0 Å². The van der Waals surface area contributed by atoms with E-state index in [1.54, 1.807) is 0 Å². The largest absolute Gasteiger partial charge is 0.371 e. The molecular weight excluding hydrogens is 174 g/mol. The first-order valence-electron chi connectivity index (χ1n) is 5.01. The van der Waals surface area contributed by atoms with E-state index >= 15 is 0 Å². The van der Waals surface area contributed by atoms with E-state index in [4.69, 9.17) is 4.74 Å². The maximum absolute atomic E-state index is 5.55. The Hall–Kier alpha value is -1.12. The number of morpholine rings is 1. The molecule has 1 N–H and O–H groups in total. The summed E-state index contributed by atoms with van der Waals surface area (Å²) in [5.74, 6) is 0. The minimum Gasteiger partial charge on any atom is -0.371 e.